The largest absolute Gasteiger partial charge is 0.331 e. The summed E-state index contributed by atoms with van der Waals surface area (Å²) in [5, 5.41) is 8.92. The van der Waals surface area contributed by atoms with E-state index < -0.39 is 0 Å². The molecule has 0 aliphatic rings. The fourth-order valence-corrected chi connectivity index (χ4v) is 2.45. The van der Waals surface area contributed by atoms with Gasteiger partial charge in [0.2, 0.25) is 6.41 Å². The van der Waals surface area contributed by atoms with Crippen molar-refractivity contribution >= 4 is 18.0 Å². The van der Waals surface area contributed by atoms with E-state index in [1.165, 1.54) is 0 Å². The van der Waals surface area contributed by atoms with E-state index in [9.17, 15) is 4.79 Å². The molecule has 24 heavy (non-hydrogen) atoms. The van der Waals surface area contributed by atoms with Gasteiger partial charge >= 0.3 is 0 Å². The third kappa shape index (κ3) is 3.21. The molecule has 0 aliphatic carbocycles. The zero-order valence-corrected chi connectivity index (χ0v) is 13.9. The van der Waals surface area contributed by atoms with Gasteiger partial charge in [-0.25, -0.2) is 10.4 Å². The Morgan fingerprint density at radius 2 is 1.92 bits per heavy atom. The van der Waals surface area contributed by atoms with Crippen LogP contribution < -0.4 is 10.9 Å². The predicted molar refractivity (Wildman–Crippen MR) is 90.6 cm³/mol. The Bertz CT molecular complexity index is 942. The molecule has 2 heterocycles. The zero-order valence-electron chi connectivity index (χ0n) is 13.1. The highest BCUT2D eigenvalue weighted by molar-refractivity contribution is 6.30. The van der Waals surface area contributed by atoms with Crippen LogP contribution in [0.3, 0.4) is 0 Å². The van der Waals surface area contributed by atoms with E-state index in [0.717, 1.165) is 16.8 Å². The molecule has 1 amide bonds. The Morgan fingerprint density at radius 3 is 2.54 bits per heavy atom. The smallest absolute Gasteiger partial charge is 0.227 e. The van der Waals surface area contributed by atoms with Gasteiger partial charge in [-0.2, -0.15) is 10.2 Å². The molecule has 7 nitrogen and oxygen atoms in total. The molecule has 0 unspecified atom stereocenters. The molecule has 8 heteroatoms. The second-order valence-electron chi connectivity index (χ2n) is 5.18. The van der Waals surface area contributed by atoms with Gasteiger partial charge in [0.1, 0.15) is 5.69 Å². The molecule has 0 fully saturated rings. The highest BCUT2D eigenvalue weighted by Crippen LogP contribution is 2.21. The Balaban J connectivity index is 2.22. The standard InChI is InChI=1S/C16H15ClN6O/c1-22-9-14(11-3-5-13(17)6-4-11)20-15(16(22)21-18-10-24)12-7-19-23(2)8-12/h3-10H,1-2H3,(H,18,24)/b21-16-. The van der Waals surface area contributed by atoms with Crippen molar-refractivity contribution in [2.75, 3.05) is 0 Å². The molecular weight excluding hydrogens is 328 g/mol. The average molecular weight is 343 g/mol. The number of nitrogens with zero attached hydrogens (tertiary/aromatic N) is 5. The summed E-state index contributed by atoms with van der Waals surface area (Å²) >= 11 is 5.95. The molecule has 0 aliphatic heterocycles. The number of benzene rings is 1. The van der Waals surface area contributed by atoms with Gasteiger partial charge in [0.15, 0.2) is 5.49 Å². The highest BCUT2D eigenvalue weighted by atomic mass is 35.5. The van der Waals surface area contributed by atoms with Crippen LogP contribution in [-0.4, -0.2) is 25.7 Å². The maximum absolute atomic E-state index is 10.6. The lowest BCUT2D eigenvalue weighted by atomic mass is 10.1. The molecule has 0 bridgehead atoms. The van der Waals surface area contributed by atoms with Crippen molar-refractivity contribution in [2.24, 2.45) is 19.2 Å². The number of halogens is 1. The van der Waals surface area contributed by atoms with E-state index >= 15 is 0 Å². The van der Waals surface area contributed by atoms with Gasteiger partial charge in [0, 0.05) is 42.6 Å². The summed E-state index contributed by atoms with van der Waals surface area (Å²) in [5.41, 5.74) is 5.96. The Hall–Kier alpha value is -2.93. The molecule has 0 atom stereocenters. The molecular formula is C16H15ClN6O. The minimum atomic E-state index is 0.514. The van der Waals surface area contributed by atoms with Crippen LogP contribution in [0, 0.1) is 0 Å². The SMILES string of the molecule is Cn1cc(-c2nc(-c3ccc(Cl)cc3)cn(C)/c2=N\NC=O)cn1. The average Bonchev–Trinajstić information content (AvgIpc) is 3.00. The van der Waals surface area contributed by atoms with Crippen LogP contribution in [0.2, 0.25) is 5.02 Å². The lowest BCUT2D eigenvalue weighted by molar-refractivity contribution is -0.109. The molecule has 0 radical (unpaired) electrons. The number of carbonyl (C=O) groups is 1. The van der Waals surface area contributed by atoms with E-state index in [1.54, 1.807) is 15.4 Å². The van der Waals surface area contributed by atoms with E-state index in [2.05, 4.69) is 15.6 Å². The van der Waals surface area contributed by atoms with E-state index in [1.807, 2.05) is 50.8 Å². The molecule has 0 saturated carbocycles. The van der Waals surface area contributed by atoms with Crippen LogP contribution in [0.4, 0.5) is 0 Å². The summed E-state index contributed by atoms with van der Waals surface area (Å²) in [6.07, 6.45) is 5.90. The van der Waals surface area contributed by atoms with Crippen molar-refractivity contribution in [3.63, 3.8) is 0 Å². The van der Waals surface area contributed by atoms with Crippen LogP contribution in [0.25, 0.3) is 22.5 Å². The number of hydrogen-bond donors (Lipinski definition) is 1. The third-order valence-electron chi connectivity index (χ3n) is 3.44. The number of aryl methyl sites for hydroxylation is 2. The van der Waals surface area contributed by atoms with E-state index in [-0.39, 0.29) is 0 Å². The number of amides is 1. The maximum Gasteiger partial charge on any atom is 0.227 e. The van der Waals surface area contributed by atoms with Gasteiger partial charge < -0.3 is 4.57 Å². The van der Waals surface area contributed by atoms with Crippen molar-refractivity contribution in [3.05, 3.63) is 53.4 Å². The number of nitrogens with one attached hydrogen (secondary N) is 1. The van der Waals surface area contributed by atoms with Gasteiger partial charge in [-0.15, -0.1) is 0 Å². The summed E-state index contributed by atoms with van der Waals surface area (Å²) in [6.45, 7) is 0. The Labute approximate surface area is 143 Å². The lowest BCUT2D eigenvalue weighted by Crippen LogP contribution is -2.25. The minimum Gasteiger partial charge on any atom is -0.331 e. The van der Waals surface area contributed by atoms with Crippen LogP contribution in [0.5, 0.6) is 0 Å². The fraction of sp³-hybridized carbons (Fsp3) is 0.125. The predicted octanol–water partition coefficient (Wildman–Crippen LogP) is 1.70. The highest BCUT2D eigenvalue weighted by Gasteiger charge is 2.11. The van der Waals surface area contributed by atoms with Crippen LogP contribution in [-0.2, 0) is 18.9 Å². The van der Waals surface area contributed by atoms with Crippen molar-refractivity contribution < 1.29 is 4.79 Å². The first-order valence-corrected chi connectivity index (χ1v) is 7.52. The first kappa shape index (κ1) is 15.9. The molecule has 3 aromatic rings. The lowest BCUT2D eigenvalue weighted by Gasteiger charge is -2.09. The Morgan fingerprint density at radius 1 is 1.17 bits per heavy atom. The van der Waals surface area contributed by atoms with Gasteiger partial charge in [-0.05, 0) is 12.1 Å². The molecule has 2 aromatic heterocycles. The minimum absolute atomic E-state index is 0.514. The summed E-state index contributed by atoms with van der Waals surface area (Å²) in [5.74, 6) is 0. The molecule has 122 valence electrons. The maximum atomic E-state index is 10.6. The van der Waals surface area contributed by atoms with Gasteiger partial charge in [-0.3, -0.25) is 9.48 Å². The van der Waals surface area contributed by atoms with Gasteiger partial charge in [0.25, 0.3) is 0 Å². The summed E-state index contributed by atoms with van der Waals surface area (Å²) < 4.78 is 3.48. The fourth-order valence-electron chi connectivity index (χ4n) is 2.33. The van der Waals surface area contributed by atoms with Crippen molar-refractivity contribution in [1.82, 2.24) is 24.8 Å². The van der Waals surface area contributed by atoms with Crippen molar-refractivity contribution in [2.45, 2.75) is 0 Å². The second-order valence-corrected chi connectivity index (χ2v) is 5.61. The summed E-state index contributed by atoms with van der Waals surface area (Å²) in [4.78, 5) is 15.3. The van der Waals surface area contributed by atoms with E-state index in [4.69, 9.17) is 16.6 Å². The Kier molecular flexibility index (Phi) is 4.43. The van der Waals surface area contributed by atoms with Crippen LogP contribution >= 0.6 is 11.6 Å². The topological polar surface area (TPSA) is 77.1 Å². The monoisotopic (exact) mass is 342 g/mol. The quantitative estimate of drug-likeness (QED) is 0.579. The van der Waals surface area contributed by atoms with Gasteiger partial charge in [-0.1, -0.05) is 23.7 Å². The number of carbonyl (C=O) groups excluding carboxylic acids is 1. The first-order valence-electron chi connectivity index (χ1n) is 7.14. The number of hydrogen-bond acceptors (Lipinski definition) is 4. The number of rotatable bonds is 4. The first-order chi connectivity index (χ1) is 11.6. The van der Waals surface area contributed by atoms with Crippen molar-refractivity contribution in [3.8, 4) is 22.5 Å². The number of aromatic nitrogens is 4. The van der Waals surface area contributed by atoms with E-state index in [0.29, 0.717) is 22.6 Å². The normalized spacial score (nSPS) is 11.5. The molecule has 3 rings (SSSR count). The summed E-state index contributed by atoms with van der Waals surface area (Å²) in [6, 6.07) is 7.43. The van der Waals surface area contributed by atoms with Crippen LogP contribution in [0.15, 0.2) is 48.0 Å². The molecule has 0 spiro atoms. The summed E-state index contributed by atoms with van der Waals surface area (Å²) in [7, 11) is 3.67. The van der Waals surface area contributed by atoms with Crippen molar-refractivity contribution in [1.29, 1.82) is 0 Å². The zero-order chi connectivity index (χ0) is 17.1. The van der Waals surface area contributed by atoms with Crippen LogP contribution in [0.1, 0.15) is 0 Å². The second kappa shape index (κ2) is 6.67. The molecule has 1 N–H and O–H groups in total. The molecule has 0 saturated heterocycles. The third-order valence-corrected chi connectivity index (χ3v) is 3.69. The van der Waals surface area contributed by atoms with Gasteiger partial charge in [0.05, 0.1) is 11.9 Å². The molecule has 1 aromatic carbocycles.